The van der Waals surface area contributed by atoms with Gasteiger partial charge in [0.15, 0.2) is 5.82 Å². The van der Waals surface area contributed by atoms with Crippen molar-refractivity contribution in [3.05, 3.63) is 60.4 Å². The van der Waals surface area contributed by atoms with Crippen LogP contribution >= 0.6 is 0 Å². The minimum atomic E-state index is -0.407. The summed E-state index contributed by atoms with van der Waals surface area (Å²) in [6.07, 6.45) is 0.185. The van der Waals surface area contributed by atoms with Crippen LogP contribution in [0.15, 0.2) is 59.1 Å². The van der Waals surface area contributed by atoms with Gasteiger partial charge in [0, 0.05) is 24.2 Å². The van der Waals surface area contributed by atoms with Crippen molar-refractivity contribution in [2.24, 2.45) is 5.92 Å². The highest BCUT2D eigenvalue weighted by molar-refractivity contribution is 6.00. The second kappa shape index (κ2) is 8.14. The van der Waals surface area contributed by atoms with E-state index in [1.54, 1.807) is 24.1 Å². The van der Waals surface area contributed by atoms with Crippen LogP contribution in [0, 0.1) is 5.92 Å². The van der Waals surface area contributed by atoms with E-state index in [0.29, 0.717) is 18.3 Å². The van der Waals surface area contributed by atoms with Gasteiger partial charge >= 0.3 is 0 Å². The van der Waals surface area contributed by atoms with Crippen LogP contribution in [0.2, 0.25) is 0 Å². The molecule has 8 nitrogen and oxygen atoms in total. The van der Waals surface area contributed by atoms with E-state index in [9.17, 15) is 9.59 Å². The molecule has 1 atom stereocenters. The van der Waals surface area contributed by atoms with Gasteiger partial charge in [0.25, 0.3) is 5.89 Å². The predicted molar refractivity (Wildman–Crippen MR) is 105 cm³/mol. The number of ether oxygens (including phenoxy) is 1. The lowest BCUT2D eigenvalue weighted by Gasteiger charge is -2.16. The van der Waals surface area contributed by atoms with Gasteiger partial charge in [0.05, 0.1) is 19.6 Å². The van der Waals surface area contributed by atoms with Gasteiger partial charge in [-0.05, 0) is 36.4 Å². The SMILES string of the molecule is COc1ccc(-c2nc(CNC(=O)C3CC(=O)N(c4ccccc4)C3)no2)cc1. The van der Waals surface area contributed by atoms with Crippen molar-refractivity contribution < 1.29 is 18.8 Å². The maximum Gasteiger partial charge on any atom is 0.257 e. The van der Waals surface area contributed by atoms with E-state index < -0.39 is 5.92 Å². The predicted octanol–water partition coefficient (Wildman–Crippen LogP) is 2.41. The van der Waals surface area contributed by atoms with Gasteiger partial charge < -0.3 is 19.5 Å². The molecule has 3 aromatic rings. The molecule has 1 aliphatic rings. The Labute approximate surface area is 167 Å². The van der Waals surface area contributed by atoms with E-state index in [1.807, 2.05) is 42.5 Å². The molecule has 4 rings (SSSR count). The Morgan fingerprint density at radius 3 is 2.69 bits per heavy atom. The van der Waals surface area contributed by atoms with Crippen LogP contribution in [0.25, 0.3) is 11.5 Å². The summed E-state index contributed by atoms with van der Waals surface area (Å²) in [6, 6.07) is 16.6. The minimum Gasteiger partial charge on any atom is -0.497 e. The van der Waals surface area contributed by atoms with Crippen molar-refractivity contribution in [2.45, 2.75) is 13.0 Å². The Kier molecular flexibility index (Phi) is 5.24. The fourth-order valence-electron chi connectivity index (χ4n) is 3.23. The maximum absolute atomic E-state index is 12.5. The maximum atomic E-state index is 12.5. The van der Waals surface area contributed by atoms with Crippen molar-refractivity contribution >= 4 is 17.5 Å². The number of carbonyl (C=O) groups is 2. The molecule has 1 aliphatic heterocycles. The van der Waals surface area contributed by atoms with Gasteiger partial charge in [-0.3, -0.25) is 9.59 Å². The molecule has 0 bridgehead atoms. The molecule has 0 saturated carbocycles. The second-order valence-corrected chi connectivity index (χ2v) is 6.70. The van der Waals surface area contributed by atoms with Gasteiger partial charge in [0.1, 0.15) is 5.75 Å². The quantitative estimate of drug-likeness (QED) is 0.692. The van der Waals surface area contributed by atoms with Crippen LogP contribution in [0.3, 0.4) is 0 Å². The van der Waals surface area contributed by atoms with Crippen LogP contribution in [-0.4, -0.2) is 35.6 Å². The molecule has 8 heteroatoms. The molecule has 1 fully saturated rings. The summed E-state index contributed by atoms with van der Waals surface area (Å²) in [7, 11) is 1.60. The smallest absolute Gasteiger partial charge is 0.257 e. The largest absolute Gasteiger partial charge is 0.497 e. The Balaban J connectivity index is 1.34. The zero-order valence-corrected chi connectivity index (χ0v) is 15.9. The number of hydrogen-bond acceptors (Lipinski definition) is 6. The van der Waals surface area contributed by atoms with Gasteiger partial charge in [-0.1, -0.05) is 23.4 Å². The standard InChI is InChI=1S/C21H20N4O4/c1-28-17-9-7-14(8-10-17)21-23-18(24-29-21)12-22-20(27)15-11-19(26)25(13-15)16-5-3-2-4-6-16/h2-10,15H,11-13H2,1H3,(H,22,27). The molecule has 0 aliphatic carbocycles. The van der Waals surface area contributed by atoms with Gasteiger partial charge in [0.2, 0.25) is 11.8 Å². The Morgan fingerprint density at radius 2 is 1.97 bits per heavy atom. The minimum absolute atomic E-state index is 0.0577. The summed E-state index contributed by atoms with van der Waals surface area (Å²) in [5, 5.41) is 6.70. The first kappa shape index (κ1) is 18.7. The first-order valence-electron chi connectivity index (χ1n) is 9.24. The first-order valence-corrected chi connectivity index (χ1v) is 9.24. The zero-order valence-electron chi connectivity index (χ0n) is 15.9. The number of methoxy groups -OCH3 is 1. The number of para-hydroxylation sites is 1. The molecule has 2 heterocycles. The number of aromatic nitrogens is 2. The summed E-state index contributed by atoms with van der Waals surface area (Å²) in [6.45, 7) is 0.493. The number of nitrogens with zero attached hydrogens (tertiary/aromatic N) is 3. The first-order chi connectivity index (χ1) is 14.1. The topological polar surface area (TPSA) is 97.6 Å². The third-order valence-electron chi connectivity index (χ3n) is 4.79. The summed E-state index contributed by atoms with van der Waals surface area (Å²) in [5.74, 6) is 0.800. The van der Waals surface area contributed by atoms with Crippen molar-refractivity contribution in [2.75, 3.05) is 18.6 Å². The lowest BCUT2D eigenvalue weighted by molar-refractivity contribution is -0.126. The number of carbonyl (C=O) groups excluding carboxylic acids is 2. The molecule has 148 valence electrons. The summed E-state index contributed by atoms with van der Waals surface area (Å²) < 4.78 is 10.4. The molecular formula is C21H20N4O4. The van der Waals surface area contributed by atoms with Crippen LogP contribution < -0.4 is 15.0 Å². The fraction of sp³-hybridized carbons (Fsp3) is 0.238. The average molecular weight is 392 g/mol. The fourth-order valence-corrected chi connectivity index (χ4v) is 3.23. The van der Waals surface area contributed by atoms with Crippen LogP contribution in [0.4, 0.5) is 5.69 Å². The third-order valence-corrected chi connectivity index (χ3v) is 4.79. The summed E-state index contributed by atoms with van der Waals surface area (Å²) in [4.78, 5) is 30.7. The molecular weight excluding hydrogens is 372 g/mol. The molecule has 29 heavy (non-hydrogen) atoms. The van der Waals surface area contributed by atoms with Crippen molar-refractivity contribution in [3.63, 3.8) is 0 Å². The highest BCUT2D eigenvalue weighted by Crippen LogP contribution is 2.25. The molecule has 1 saturated heterocycles. The molecule has 1 unspecified atom stereocenters. The normalized spacial score (nSPS) is 16.1. The second-order valence-electron chi connectivity index (χ2n) is 6.70. The van der Waals surface area contributed by atoms with Crippen molar-refractivity contribution in [1.82, 2.24) is 15.5 Å². The molecule has 0 spiro atoms. The molecule has 0 radical (unpaired) electrons. The zero-order chi connectivity index (χ0) is 20.2. The van der Waals surface area contributed by atoms with E-state index in [4.69, 9.17) is 9.26 Å². The van der Waals surface area contributed by atoms with Crippen molar-refractivity contribution in [1.29, 1.82) is 0 Å². The molecule has 2 aromatic carbocycles. The van der Waals surface area contributed by atoms with E-state index in [-0.39, 0.29) is 24.8 Å². The lowest BCUT2D eigenvalue weighted by Crippen LogP contribution is -2.32. The van der Waals surface area contributed by atoms with Gasteiger partial charge in [-0.15, -0.1) is 0 Å². The number of rotatable bonds is 6. The molecule has 2 amide bonds. The highest BCUT2D eigenvalue weighted by atomic mass is 16.5. The number of amides is 2. The molecule has 1 N–H and O–H groups in total. The number of hydrogen-bond donors (Lipinski definition) is 1. The summed E-state index contributed by atoms with van der Waals surface area (Å²) in [5.41, 5.74) is 1.56. The van der Waals surface area contributed by atoms with Crippen molar-refractivity contribution in [3.8, 4) is 17.2 Å². The lowest BCUT2D eigenvalue weighted by atomic mass is 10.1. The average Bonchev–Trinajstić information content (AvgIpc) is 3.39. The van der Waals surface area contributed by atoms with Gasteiger partial charge in [-0.25, -0.2) is 0 Å². The number of anilines is 1. The Bertz CT molecular complexity index is 1000. The third kappa shape index (κ3) is 4.11. The number of nitrogens with one attached hydrogen (secondary N) is 1. The Hall–Kier alpha value is -3.68. The van der Waals surface area contributed by atoms with E-state index in [1.165, 1.54) is 0 Å². The molecule has 1 aromatic heterocycles. The van der Waals surface area contributed by atoms with Gasteiger partial charge in [-0.2, -0.15) is 4.98 Å². The van der Waals surface area contributed by atoms with Crippen LogP contribution in [0.5, 0.6) is 5.75 Å². The monoisotopic (exact) mass is 392 g/mol. The van der Waals surface area contributed by atoms with E-state index in [2.05, 4.69) is 15.5 Å². The van der Waals surface area contributed by atoms with E-state index >= 15 is 0 Å². The summed E-state index contributed by atoms with van der Waals surface area (Å²) >= 11 is 0. The van der Waals surface area contributed by atoms with E-state index in [0.717, 1.165) is 17.0 Å². The highest BCUT2D eigenvalue weighted by Gasteiger charge is 2.35. The van der Waals surface area contributed by atoms with Crippen LogP contribution in [0.1, 0.15) is 12.2 Å². The number of benzene rings is 2. The van der Waals surface area contributed by atoms with Crippen LogP contribution in [-0.2, 0) is 16.1 Å². The Morgan fingerprint density at radius 1 is 1.21 bits per heavy atom.